The Morgan fingerprint density at radius 3 is 2.83 bits per heavy atom. The molecule has 0 amide bonds. The van der Waals surface area contributed by atoms with Gasteiger partial charge in [-0.15, -0.1) is 11.3 Å². The van der Waals surface area contributed by atoms with E-state index < -0.39 is 0 Å². The molecule has 1 aromatic rings. The van der Waals surface area contributed by atoms with Gasteiger partial charge >= 0.3 is 0 Å². The fourth-order valence-corrected chi connectivity index (χ4v) is 5.00. The Labute approximate surface area is 121 Å². The van der Waals surface area contributed by atoms with Crippen LogP contribution in [0.3, 0.4) is 0 Å². The second-order valence-electron chi connectivity index (χ2n) is 5.66. The predicted molar refractivity (Wildman–Crippen MR) is 78.8 cm³/mol. The van der Waals surface area contributed by atoms with E-state index in [9.17, 15) is 0 Å². The van der Waals surface area contributed by atoms with E-state index in [4.69, 9.17) is 10.5 Å². The molecule has 2 heterocycles. The van der Waals surface area contributed by atoms with E-state index in [-0.39, 0.29) is 11.6 Å². The average Bonchev–Trinajstić information content (AvgIpc) is 2.98. The van der Waals surface area contributed by atoms with Gasteiger partial charge in [0, 0.05) is 17.5 Å². The fraction of sp³-hybridized carbons (Fsp3) is 0.714. The van der Waals surface area contributed by atoms with Gasteiger partial charge in [0.05, 0.1) is 9.39 Å². The van der Waals surface area contributed by atoms with Crippen molar-refractivity contribution in [2.24, 2.45) is 11.7 Å². The highest BCUT2D eigenvalue weighted by atomic mass is 79.9. The minimum absolute atomic E-state index is 0.176. The normalized spacial score (nSPS) is 28.7. The third-order valence-corrected chi connectivity index (χ3v) is 6.20. The molecule has 1 saturated heterocycles. The number of hydrogen-bond donors (Lipinski definition) is 1. The first kappa shape index (κ1) is 13.1. The smallest absolute Gasteiger partial charge is 0.0701 e. The summed E-state index contributed by atoms with van der Waals surface area (Å²) >= 11 is 5.29. The van der Waals surface area contributed by atoms with Gasteiger partial charge in [0.2, 0.25) is 0 Å². The maximum atomic E-state index is 6.47. The summed E-state index contributed by atoms with van der Waals surface area (Å²) < 4.78 is 7.26. The largest absolute Gasteiger partial charge is 0.375 e. The van der Waals surface area contributed by atoms with Gasteiger partial charge in [0.1, 0.15) is 0 Å². The minimum Gasteiger partial charge on any atom is -0.375 e. The van der Waals surface area contributed by atoms with Crippen LogP contribution in [0.15, 0.2) is 15.9 Å². The van der Waals surface area contributed by atoms with E-state index in [1.165, 1.54) is 34.3 Å². The third-order valence-electron chi connectivity index (χ3n) is 4.48. The zero-order valence-corrected chi connectivity index (χ0v) is 12.9. The number of rotatable bonds is 2. The quantitative estimate of drug-likeness (QED) is 0.880. The van der Waals surface area contributed by atoms with Gasteiger partial charge in [0.25, 0.3) is 0 Å². The summed E-state index contributed by atoms with van der Waals surface area (Å²) in [7, 11) is 0. The Kier molecular flexibility index (Phi) is 3.81. The number of nitrogens with two attached hydrogens (primary N) is 1. The van der Waals surface area contributed by atoms with Gasteiger partial charge in [-0.3, -0.25) is 0 Å². The molecule has 18 heavy (non-hydrogen) atoms. The Hall–Kier alpha value is 0.1000. The van der Waals surface area contributed by atoms with Gasteiger partial charge in [-0.05, 0) is 59.7 Å². The first-order chi connectivity index (χ1) is 8.69. The molecule has 0 bridgehead atoms. The molecule has 0 aromatic carbocycles. The molecule has 100 valence electrons. The van der Waals surface area contributed by atoms with Crippen molar-refractivity contribution < 1.29 is 4.74 Å². The van der Waals surface area contributed by atoms with E-state index in [2.05, 4.69) is 28.1 Å². The van der Waals surface area contributed by atoms with Gasteiger partial charge < -0.3 is 10.5 Å². The molecule has 2 aliphatic rings. The van der Waals surface area contributed by atoms with Crippen LogP contribution in [0.2, 0.25) is 0 Å². The summed E-state index contributed by atoms with van der Waals surface area (Å²) in [5.41, 5.74) is 6.64. The van der Waals surface area contributed by atoms with Gasteiger partial charge in [0.15, 0.2) is 0 Å². The van der Waals surface area contributed by atoms with E-state index in [0.717, 1.165) is 19.4 Å². The second-order valence-corrected chi connectivity index (χ2v) is 8.15. The van der Waals surface area contributed by atoms with Crippen molar-refractivity contribution in [3.63, 3.8) is 0 Å². The highest BCUT2D eigenvalue weighted by Crippen LogP contribution is 2.45. The fourth-order valence-electron chi connectivity index (χ4n) is 3.48. The maximum absolute atomic E-state index is 6.47. The van der Waals surface area contributed by atoms with Crippen LogP contribution >= 0.6 is 27.3 Å². The first-order valence-electron chi connectivity index (χ1n) is 6.83. The van der Waals surface area contributed by atoms with Crippen molar-refractivity contribution in [2.75, 3.05) is 6.61 Å². The number of ether oxygens (including phenoxy) is 1. The Morgan fingerprint density at radius 2 is 2.17 bits per heavy atom. The lowest BCUT2D eigenvalue weighted by Gasteiger charge is -2.40. The van der Waals surface area contributed by atoms with Crippen LogP contribution in [-0.4, -0.2) is 12.2 Å². The topological polar surface area (TPSA) is 35.2 Å². The van der Waals surface area contributed by atoms with Crippen LogP contribution in [0.1, 0.15) is 49.4 Å². The summed E-state index contributed by atoms with van der Waals surface area (Å²) in [5, 5.41) is 0. The van der Waals surface area contributed by atoms with Crippen LogP contribution in [0.5, 0.6) is 0 Å². The van der Waals surface area contributed by atoms with Crippen molar-refractivity contribution in [1.82, 2.24) is 0 Å². The molecule has 2 fully saturated rings. The van der Waals surface area contributed by atoms with Crippen LogP contribution in [0.25, 0.3) is 0 Å². The monoisotopic (exact) mass is 329 g/mol. The van der Waals surface area contributed by atoms with Gasteiger partial charge in [-0.25, -0.2) is 0 Å². The summed E-state index contributed by atoms with van der Waals surface area (Å²) in [4.78, 5) is 1.31. The molecular formula is C14H20BrNOS. The lowest BCUT2D eigenvalue weighted by atomic mass is 9.80. The second kappa shape index (κ2) is 5.23. The van der Waals surface area contributed by atoms with Crippen molar-refractivity contribution in [3.05, 3.63) is 20.8 Å². The molecule has 2 atom stereocenters. The number of hydrogen-bond acceptors (Lipinski definition) is 3. The highest BCUT2D eigenvalue weighted by molar-refractivity contribution is 9.11. The Bertz CT molecular complexity index is 414. The van der Waals surface area contributed by atoms with Gasteiger partial charge in [-0.1, -0.05) is 12.8 Å². The average molecular weight is 330 g/mol. The summed E-state index contributed by atoms with van der Waals surface area (Å²) in [6, 6.07) is 4.45. The zero-order chi connectivity index (χ0) is 12.6. The summed E-state index contributed by atoms with van der Waals surface area (Å²) in [6.45, 7) is 0.894. The van der Waals surface area contributed by atoms with Crippen molar-refractivity contribution in [1.29, 1.82) is 0 Å². The molecule has 0 radical (unpaired) electrons. The lowest BCUT2D eigenvalue weighted by Crippen LogP contribution is -2.40. The number of thiophene rings is 1. The molecular weight excluding hydrogens is 310 g/mol. The van der Waals surface area contributed by atoms with Crippen molar-refractivity contribution in [3.8, 4) is 0 Å². The Morgan fingerprint density at radius 1 is 1.39 bits per heavy atom. The van der Waals surface area contributed by atoms with Crippen LogP contribution in [0.4, 0.5) is 0 Å². The summed E-state index contributed by atoms with van der Waals surface area (Å²) in [6.07, 6.45) is 7.40. The molecule has 3 rings (SSSR count). The molecule has 4 heteroatoms. The molecule has 1 spiro atoms. The molecule has 2 N–H and O–H groups in total. The molecule has 1 aliphatic carbocycles. The van der Waals surface area contributed by atoms with Crippen molar-refractivity contribution >= 4 is 27.3 Å². The van der Waals surface area contributed by atoms with E-state index in [1.54, 1.807) is 11.3 Å². The van der Waals surface area contributed by atoms with Gasteiger partial charge in [-0.2, -0.15) is 0 Å². The van der Waals surface area contributed by atoms with Crippen LogP contribution < -0.4 is 5.73 Å². The summed E-state index contributed by atoms with van der Waals surface area (Å²) in [5.74, 6) is 0.586. The third kappa shape index (κ3) is 2.53. The maximum Gasteiger partial charge on any atom is 0.0701 e. The molecule has 1 saturated carbocycles. The van der Waals surface area contributed by atoms with E-state index >= 15 is 0 Å². The minimum atomic E-state index is 0.176. The molecule has 1 aliphatic heterocycles. The van der Waals surface area contributed by atoms with Crippen LogP contribution in [-0.2, 0) is 4.74 Å². The molecule has 2 nitrogen and oxygen atoms in total. The highest BCUT2D eigenvalue weighted by Gasteiger charge is 2.41. The SMILES string of the molecule is NC(c1ccc(Br)s1)C1CCOC2(CCCC2)C1. The molecule has 2 unspecified atom stereocenters. The van der Waals surface area contributed by atoms with E-state index in [1.807, 2.05) is 0 Å². The lowest BCUT2D eigenvalue weighted by molar-refractivity contribution is -0.0962. The molecule has 1 aromatic heterocycles. The zero-order valence-electron chi connectivity index (χ0n) is 10.5. The Balaban J connectivity index is 1.72. The van der Waals surface area contributed by atoms with Crippen LogP contribution in [0, 0.1) is 5.92 Å². The van der Waals surface area contributed by atoms with Crippen molar-refractivity contribution in [2.45, 2.75) is 50.2 Å². The first-order valence-corrected chi connectivity index (χ1v) is 8.44. The standard InChI is InChI=1S/C14H20BrNOS/c15-12-4-3-11(18-12)13(16)10-5-8-17-14(9-10)6-1-2-7-14/h3-4,10,13H,1-2,5-9,16H2. The predicted octanol–water partition coefficient (Wildman–Crippen LogP) is 4.25. The van der Waals surface area contributed by atoms with E-state index in [0.29, 0.717) is 5.92 Å². The number of halogens is 1.